The standard InChI is InChI=1S/C10H5NO2S.2C2H6/c12-8-2-9(13)10-6(8)1-5-3-14-4-7(5)11-10;2*1-2/h1,3-4H,2H2;2*1-2H3. The molecular formula is C14H17NO2S. The molecule has 2 heterocycles. The molecule has 96 valence electrons. The van der Waals surface area contributed by atoms with Crippen molar-refractivity contribution in [2.45, 2.75) is 34.1 Å². The van der Waals surface area contributed by atoms with E-state index in [-0.39, 0.29) is 18.0 Å². The number of aromatic nitrogens is 1. The molecule has 4 heteroatoms. The van der Waals surface area contributed by atoms with E-state index >= 15 is 0 Å². The summed E-state index contributed by atoms with van der Waals surface area (Å²) in [7, 11) is 0. The maximum Gasteiger partial charge on any atom is 0.189 e. The van der Waals surface area contributed by atoms with Gasteiger partial charge in [0.05, 0.1) is 11.9 Å². The molecule has 0 bridgehead atoms. The molecule has 18 heavy (non-hydrogen) atoms. The summed E-state index contributed by atoms with van der Waals surface area (Å²) in [6.07, 6.45) is -0.0155. The van der Waals surface area contributed by atoms with E-state index in [1.165, 1.54) is 11.3 Å². The Bertz CT molecular complexity index is 524. The van der Waals surface area contributed by atoms with E-state index in [2.05, 4.69) is 4.98 Å². The van der Waals surface area contributed by atoms with Gasteiger partial charge in [0.15, 0.2) is 11.6 Å². The quantitative estimate of drug-likeness (QED) is 0.672. The molecule has 1 aliphatic rings. The molecule has 0 amide bonds. The molecule has 2 aromatic heterocycles. The second-order valence-corrected chi connectivity index (χ2v) is 4.00. The average molecular weight is 263 g/mol. The Morgan fingerprint density at radius 1 is 1.06 bits per heavy atom. The molecule has 0 spiro atoms. The Labute approximate surface area is 111 Å². The van der Waals surface area contributed by atoms with E-state index in [0.717, 1.165) is 10.9 Å². The SMILES string of the molecule is CC.CC.O=C1CC(=O)c2nc3cscc3cc21. The lowest BCUT2D eigenvalue weighted by molar-refractivity contribution is 0.0921. The van der Waals surface area contributed by atoms with Crippen LogP contribution in [0.15, 0.2) is 16.8 Å². The second-order valence-electron chi connectivity index (χ2n) is 3.25. The van der Waals surface area contributed by atoms with Crippen LogP contribution in [0.2, 0.25) is 0 Å². The van der Waals surface area contributed by atoms with Crippen LogP contribution in [0.4, 0.5) is 0 Å². The Hall–Kier alpha value is -1.55. The molecule has 0 atom stereocenters. The van der Waals surface area contributed by atoms with Gasteiger partial charge in [-0.2, -0.15) is 0 Å². The summed E-state index contributed by atoms with van der Waals surface area (Å²) in [4.78, 5) is 26.9. The van der Waals surface area contributed by atoms with Crippen molar-refractivity contribution >= 4 is 33.8 Å². The lowest BCUT2D eigenvalue weighted by Gasteiger charge is -1.95. The molecule has 0 radical (unpaired) electrons. The van der Waals surface area contributed by atoms with E-state index in [1.807, 2.05) is 38.5 Å². The Morgan fingerprint density at radius 3 is 2.39 bits per heavy atom. The highest BCUT2D eigenvalue weighted by molar-refractivity contribution is 7.09. The summed E-state index contributed by atoms with van der Waals surface area (Å²) < 4.78 is 0. The maximum absolute atomic E-state index is 11.4. The van der Waals surface area contributed by atoms with Gasteiger partial charge in [-0.1, -0.05) is 27.7 Å². The van der Waals surface area contributed by atoms with Crippen LogP contribution in [-0.4, -0.2) is 16.6 Å². The number of rotatable bonds is 0. The van der Waals surface area contributed by atoms with Crippen molar-refractivity contribution in [3.8, 4) is 0 Å². The summed E-state index contributed by atoms with van der Waals surface area (Å²) in [6.45, 7) is 8.00. The summed E-state index contributed by atoms with van der Waals surface area (Å²) in [6, 6.07) is 1.77. The third kappa shape index (κ3) is 2.48. The number of ketones is 2. The van der Waals surface area contributed by atoms with Crippen LogP contribution in [0, 0.1) is 0 Å². The molecule has 0 saturated carbocycles. The van der Waals surface area contributed by atoms with Crippen LogP contribution in [0.25, 0.3) is 10.9 Å². The zero-order valence-corrected chi connectivity index (χ0v) is 11.9. The molecule has 3 rings (SSSR count). The van der Waals surface area contributed by atoms with Gasteiger partial charge in [0.2, 0.25) is 0 Å². The largest absolute Gasteiger partial charge is 0.294 e. The Kier molecular flexibility index (Phi) is 5.16. The van der Waals surface area contributed by atoms with Gasteiger partial charge in [0.1, 0.15) is 5.69 Å². The molecule has 0 unspecified atom stereocenters. The number of hydrogen-bond acceptors (Lipinski definition) is 4. The normalized spacial score (nSPS) is 12.4. The highest BCUT2D eigenvalue weighted by atomic mass is 32.1. The predicted octanol–water partition coefficient (Wildman–Crippen LogP) is 4.12. The van der Waals surface area contributed by atoms with Crippen LogP contribution >= 0.6 is 11.3 Å². The first-order valence-electron chi connectivity index (χ1n) is 6.19. The van der Waals surface area contributed by atoms with Crippen molar-refractivity contribution in [2.75, 3.05) is 0 Å². The third-order valence-corrected chi connectivity index (χ3v) is 3.09. The molecule has 0 saturated heterocycles. The number of nitrogens with zero attached hydrogens (tertiary/aromatic N) is 1. The van der Waals surface area contributed by atoms with Gasteiger partial charge in [-0.05, 0) is 6.07 Å². The van der Waals surface area contributed by atoms with E-state index in [1.54, 1.807) is 6.07 Å². The van der Waals surface area contributed by atoms with Gasteiger partial charge >= 0.3 is 0 Å². The van der Waals surface area contributed by atoms with E-state index < -0.39 is 0 Å². The van der Waals surface area contributed by atoms with E-state index in [9.17, 15) is 9.59 Å². The van der Waals surface area contributed by atoms with Crippen LogP contribution in [0.1, 0.15) is 55.0 Å². The van der Waals surface area contributed by atoms with Crippen molar-refractivity contribution in [2.24, 2.45) is 0 Å². The number of Topliss-reactive ketones (excluding diaryl/α,β-unsaturated/α-hetero) is 2. The smallest absolute Gasteiger partial charge is 0.189 e. The first-order chi connectivity index (χ1) is 8.75. The molecule has 1 aliphatic carbocycles. The van der Waals surface area contributed by atoms with Gasteiger partial charge in [-0.25, -0.2) is 4.98 Å². The minimum Gasteiger partial charge on any atom is -0.294 e. The zero-order chi connectivity index (χ0) is 13.7. The third-order valence-electron chi connectivity index (χ3n) is 2.34. The fraction of sp³-hybridized carbons (Fsp3) is 0.357. The molecule has 3 nitrogen and oxygen atoms in total. The number of carbonyl (C=O) groups excluding carboxylic acids is 2. The number of pyridine rings is 1. The predicted molar refractivity (Wildman–Crippen MR) is 75.6 cm³/mol. The summed E-state index contributed by atoms with van der Waals surface area (Å²) >= 11 is 1.52. The highest BCUT2D eigenvalue weighted by Crippen LogP contribution is 2.26. The first-order valence-corrected chi connectivity index (χ1v) is 7.13. The lowest BCUT2D eigenvalue weighted by Crippen LogP contribution is -1.94. The van der Waals surface area contributed by atoms with Crippen molar-refractivity contribution in [1.82, 2.24) is 4.98 Å². The summed E-state index contributed by atoms with van der Waals surface area (Å²) in [5.74, 6) is -0.260. The van der Waals surface area contributed by atoms with E-state index in [0.29, 0.717) is 11.3 Å². The summed E-state index contributed by atoms with van der Waals surface area (Å²) in [5.41, 5.74) is 1.64. The van der Waals surface area contributed by atoms with Crippen LogP contribution < -0.4 is 0 Å². The molecule has 0 N–H and O–H groups in total. The zero-order valence-electron chi connectivity index (χ0n) is 11.1. The average Bonchev–Trinajstić information content (AvgIpc) is 2.98. The minimum absolute atomic E-state index is 0.0155. The van der Waals surface area contributed by atoms with Crippen molar-refractivity contribution < 1.29 is 9.59 Å². The van der Waals surface area contributed by atoms with Crippen LogP contribution in [0.5, 0.6) is 0 Å². The molecule has 0 aliphatic heterocycles. The van der Waals surface area contributed by atoms with Gasteiger partial charge < -0.3 is 0 Å². The number of fused-ring (bicyclic) bond motifs is 2. The van der Waals surface area contributed by atoms with Gasteiger partial charge in [0, 0.05) is 21.7 Å². The molecule has 2 aromatic rings. The van der Waals surface area contributed by atoms with Crippen LogP contribution in [0.3, 0.4) is 0 Å². The number of hydrogen-bond donors (Lipinski definition) is 0. The fourth-order valence-corrected chi connectivity index (χ4v) is 2.37. The van der Waals surface area contributed by atoms with Gasteiger partial charge in [-0.3, -0.25) is 9.59 Å². The molecule has 0 aromatic carbocycles. The van der Waals surface area contributed by atoms with Gasteiger partial charge in [-0.15, -0.1) is 11.3 Å². The fourth-order valence-electron chi connectivity index (χ4n) is 1.65. The van der Waals surface area contributed by atoms with Gasteiger partial charge in [0.25, 0.3) is 0 Å². The number of carbonyl (C=O) groups is 2. The van der Waals surface area contributed by atoms with Crippen molar-refractivity contribution in [3.63, 3.8) is 0 Å². The van der Waals surface area contributed by atoms with E-state index in [4.69, 9.17) is 0 Å². The molecular weight excluding hydrogens is 246 g/mol. The van der Waals surface area contributed by atoms with Crippen molar-refractivity contribution in [3.05, 3.63) is 28.1 Å². The minimum atomic E-state index is -0.155. The first kappa shape index (κ1) is 14.5. The maximum atomic E-state index is 11.4. The number of thiophene rings is 1. The molecule has 0 fully saturated rings. The highest BCUT2D eigenvalue weighted by Gasteiger charge is 2.29. The Balaban J connectivity index is 0.000000371. The van der Waals surface area contributed by atoms with Crippen LogP contribution in [-0.2, 0) is 0 Å². The monoisotopic (exact) mass is 263 g/mol. The summed E-state index contributed by atoms with van der Waals surface area (Å²) in [5, 5.41) is 4.75. The topological polar surface area (TPSA) is 47.0 Å². The second kappa shape index (κ2) is 6.40. The Morgan fingerprint density at radius 2 is 1.72 bits per heavy atom. The van der Waals surface area contributed by atoms with Crippen molar-refractivity contribution in [1.29, 1.82) is 0 Å². The lowest BCUT2D eigenvalue weighted by atomic mass is 10.2.